The fraction of sp³-hybridized carbons (Fsp3) is 0.0769. The zero-order valence-electron chi connectivity index (χ0n) is 9.48. The molecule has 2 rings (SSSR count). The number of ketones is 1. The molecule has 0 amide bonds. The first-order chi connectivity index (χ1) is 8.61. The number of carbonyl (C=O) groups is 1. The second kappa shape index (κ2) is 5.50. The van der Waals surface area contributed by atoms with Gasteiger partial charge in [-0.2, -0.15) is 0 Å². The van der Waals surface area contributed by atoms with Crippen LogP contribution in [0.3, 0.4) is 0 Å². The molecule has 18 heavy (non-hydrogen) atoms. The van der Waals surface area contributed by atoms with Gasteiger partial charge in [-0.25, -0.2) is 0 Å². The second-order valence-corrected chi connectivity index (χ2v) is 4.89. The Morgan fingerprint density at radius 1 is 1.33 bits per heavy atom. The predicted molar refractivity (Wildman–Crippen MR) is 73.4 cm³/mol. The van der Waals surface area contributed by atoms with Crippen LogP contribution in [0, 0.1) is 0 Å². The smallest absolute Gasteiger partial charge is 0.196 e. The van der Waals surface area contributed by atoms with Crippen molar-refractivity contribution in [3.8, 4) is 5.75 Å². The molecule has 3 nitrogen and oxygen atoms in total. The van der Waals surface area contributed by atoms with Crippen LogP contribution < -0.4 is 4.74 Å². The lowest BCUT2D eigenvalue weighted by atomic mass is 10.1. The summed E-state index contributed by atoms with van der Waals surface area (Å²) in [4.78, 5) is 16.2. The van der Waals surface area contributed by atoms with Crippen molar-refractivity contribution in [2.45, 2.75) is 0 Å². The molecule has 0 fully saturated rings. The van der Waals surface area contributed by atoms with Gasteiger partial charge in [0.05, 0.1) is 18.3 Å². The van der Waals surface area contributed by atoms with Crippen LogP contribution in [-0.2, 0) is 0 Å². The molecule has 0 saturated carbocycles. The number of aromatic nitrogens is 1. The zero-order chi connectivity index (χ0) is 13.1. The van der Waals surface area contributed by atoms with Crippen molar-refractivity contribution in [3.63, 3.8) is 0 Å². The van der Waals surface area contributed by atoms with Crippen LogP contribution in [0.1, 0.15) is 15.9 Å². The molecule has 1 heterocycles. The SMILES string of the molecule is COc1cncc(C(=O)c2cc(Br)ccc2Cl)c1. The van der Waals surface area contributed by atoms with Crippen molar-refractivity contribution in [2.24, 2.45) is 0 Å². The molecule has 0 spiro atoms. The summed E-state index contributed by atoms with van der Waals surface area (Å²) < 4.78 is 5.84. The average molecular weight is 327 g/mol. The fourth-order valence-electron chi connectivity index (χ4n) is 1.48. The topological polar surface area (TPSA) is 39.2 Å². The van der Waals surface area contributed by atoms with Crippen LogP contribution >= 0.6 is 27.5 Å². The normalized spacial score (nSPS) is 10.2. The number of halogens is 2. The Hall–Kier alpha value is -1.39. The van der Waals surface area contributed by atoms with Gasteiger partial charge in [0.1, 0.15) is 5.75 Å². The summed E-state index contributed by atoms with van der Waals surface area (Å²) in [5.41, 5.74) is 0.871. The molecule has 0 aliphatic carbocycles. The molecule has 0 bridgehead atoms. The van der Waals surface area contributed by atoms with E-state index in [1.54, 1.807) is 30.5 Å². The van der Waals surface area contributed by atoms with Gasteiger partial charge in [0.15, 0.2) is 5.78 Å². The van der Waals surface area contributed by atoms with Crippen LogP contribution in [0.4, 0.5) is 0 Å². The highest BCUT2D eigenvalue weighted by molar-refractivity contribution is 9.10. The fourth-order valence-corrected chi connectivity index (χ4v) is 2.05. The lowest BCUT2D eigenvalue weighted by Gasteiger charge is -2.05. The van der Waals surface area contributed by atoms with Crippen molar-refractivity contribution in [1.29, 1.82) is 0 Å². The highest BCUT2D eigenvalue weighted by atomic mass is 79.9. The maximum atomic E-state index is 12.3. The largest absolute Gasteiger partial charge is 0.495 e. The Balaban J connectivity index is 2.44. The Kier molecular flexibility index (Phi) is 3.99. The minimum absolute atomic E-state index is 0.187. The van der Waals surface area contributed by atoms with Gasteiger partial charge in [-0.3, -0.25) is 9.78 Å². The zero-order valence-corrected chi connectivity index (χ0v) is 11.8. The molecule has 0 unspecified atom stereocenters. The summed E-state index contributed by atoms with van der Waals surface area (Å²) >= 11 is 9.34. The number of pyridine rings is 1. The number of hydrogen-bond acceptors (Lipinski definition) is 3. The van der Waals surface area contributed by atoms with Crippen LogP contribution in [0.2, 0.25) is 5.02 Å². The molecule has 0 radical (unpaired) electrons. The molecule has 0 atom stereocenters. The number of benzene rings is 1. The van der Waals surface area contributed by atoms with E-state index in [0.717, 1.165) is 4.47 Å². The van der Waals surface area contributed by atoms with E-state index in [9.17, 15) is 4.79 Å². The van der Waals surface area contributed by atoms with E-state index in [0.29, 0.717) is 21.9 Å². The molecule has 0 N–H and O–H groups in total. The van der Waals surface area contributed by atoms with Crippen LogP contribution in [0.5, 0.6) is 5.75 Å². The van der Waals surface area contributed by atoms with Gasteiger partial charge in [0.25, 0.3) is 0 Å². The molecule has 0 aliphatic heterocycles. The highest BCUT2D eigenvalue weighted by Gasteiger charge is 2.14. The standard InChI is InChI=1S/C13H9BrClNO2/c1-18-10-4-8(6-16-7-10)13(17)11-5-9(14)2-3-12(11)15/h2-7H,1H3. The van der Waals surface area contributed by atoms with Gasteiger partial charge in [0, 0.05) is 21.8 Å². The summed E-state index contributed by atoms with van der Waals surface area (Å²) in [5.74, 6) is 0.347. The molecule has 0 saturated heterocycles. The molecule has 0 aliphatic rings. The number of ether oxygens (including phenoxy) is 1. The Labute approximate surface area is 118 Å². The van der Waals surface area contributed by atoms with E-state index in [1.165, 1.54) is 13.3 Å². The Morgan fingerprint density at radius 2 is 2.11 bits per heavy atom. The summed E-state index contributed by atoms with van der Waals surface area (Å²) in [6.07, 6.45) is 3.03. The van der Waals surface area contributed by atoms with Crippen molar-refractivity contribution < 1.29 is 9.53 Å². The van der Waals surface area contributed by atoms with Gasteiger partial charge >= 0.3 is 0 Å². The Bertz CT molecular complexity index is 601. The van der Waals surface area contributed by atoms with Crippen LogP contribution in [0.25, 0.3) is 0 Å². The summed E-state index contributed by atoms with van der Waals surface area (Å²) in [5, 5.41) is 0.408. The van der Waals surface area contributed by atoms with Crippen molar-refractivity contribution >= 4 is 33.3 Å². The van der Waals surface area contributed by atoms with Gasteiger partial charge < -0.3 is 4.74 Å². The van der Waals surface area contributed by atoms with Gasteiger partial charge in [-0.05, 0) is 24.3 Å². The first-order valence-electron chi connectivity index (χ1n) is 5.10. The quantitative estimate of drug-likeness (QED) is 0.807. The molecular weight excluding hydrogens is 318 g/mol. The number of rotatable bonds is 3. The van der Waals surface area contributed by atoms with E-state index in [4.69, 9.17) is 16.3 Å². The molecular formula is C13H9BrClNO2. The number of carbonyl (C=O) groups excluding carboxylic acids is 1. The first kappa shape index (κ1) is 13.1. The minimum atomic E-state index is -0.187. The van der Waals surface area contributed by atoms with E-state index in [2.05, 4.69) is 20.9 Å². The second-order valence-electron chi connectivity index (χ2n) is 3.57. The van der Waals surface area contributed by atoms with Crippen molar-refractivity contribution in [2.75, 3.05) is 7.11 Å². The van der Waals surface area contributed by atoms with E-state index < -0.39 is 0 Å². The molecule has 92 valence electrons. The lowest BCUT2D eigenvalue weighted by Crippen LogP contribution is -2.03. The van der Waals surface area contributed by atoms with Crippen LogP contribution in [-0.4, -0.2) is 17.9 Å². The van der Waals surface area contributed by atoms with E-state index in [1.807, 2.05) is 0 Å². The van der Waals surface area contributed by atoms with Gasteiger partial charge in [0.2, 0.25) is 0 Å². The minimum Gasteiger partial charge on any atom is -0.495 e. The third-order valence-corrected chi connectivity index (χ3v) is 3.21. The third-order valence-electron chi connectivity index (χ3n) is 2.38. The summed E-state index contributed by atoms with van der Waals surface area (Å²) in [6, 6.07) is 6.77. The first-order valence-corrected chi connectivity index (χ1v) is 6.27. The maximum Gasteiger partial charge on any atom is 0.196 e. The van der Waals surface area contributed by atoms with E-state index in [-0.39, 0.29) is 5.78 Å². The van der Waals surface area contributed by atoms with Crippen molar-refractivity contribution in [3.05, 3.63) is 57.3 Å². The lowest BCUT2D eigenvalue weighted by molar-refractivity contribution is 0.103. The maximum absolute atomic E-state index is 12.3. The number of hydrogen-bond donors (Lipinski definition) is 0. The highest BCUT2D eigenvalue weighted by Crippen LogP contribution is 2.24. The molecule has 1 aromatic carbocycles. The van der Waals surface area contributed by atoms with Gasteiger partial charge in [-0.1, -0.05) is 27.5 Å². The molecule has 5 heteroatoms. The summed E-state index contributed by atoms with van der Waals surface area (Å²) in [7, 11) is 1.53. The average Bonchev–Trinajstić information content (AvgIpc) is 2.41. The third kappa shape index (κ3) is 2.71. The van der Waals surface area contributed by atoms with Gasteiger partial charge in [-0.15, -0.1) is 0 Å². The monoisotopic (exact) mass is 325 g/mol. The predicted octanol–water partition coefficient (Wildman–Crippen LogP) is 3.74. The van der Waals surface area contributed by atoms with Crippen LogP contribution in [0.15, 0.2) is 41.1 Å². The molecule has 2 aromatic rings. The van der Waals surface area contributed by atoms with E-state index >= 15 is 0 Å². The summed E-state index contributed by atoms with van der Waals surface area (Å²) in [6.45, 7) is 0. The van der Waals surface area contributed by atoms with Crippen molar-refractivity contribution in [1.82, 2.24) is 4.98 Å². The number of methoxy groups -OCH3 is 1. The Morgan fingerprint density at radius 3 is 2.83 bits per heavy atom. The molecule has 1 aromatic heterocycles. The number of nitrogens with zero attached hydrogens (tertiary/aromatic N) is 1.